The summed E-state index contributed by atoms with van der Waals surface area (Å²) in [5.41, 5.74) is 0. The van der Waals surface area contributed by atoms with Crippen LogP contribution in [0.1, 0.15) is 51.9 Å². The fraction of sp³-hybridized carbons (Fsp3) is 0.923. The van der Waals surface area contributed by atoms with Gasteiger partial charge in [-0.1, -0.05) is 6.92 Å². The van der Waals surface area contributed by atoms with E-state index in [0.29, 0.717) is 18.5 Å². The van der Waals surface area contributed by atoms with E-state index in [1.54, 1.807) is 0 Å². The molecule has 2 N–H and O–H groups in total. The van der Waals surface area contributed by atoms with E-state index >= 15 is 0 Å². The number of hydrogen-bond acceptors (Lipinski definition) is 2. The van der Waals surface area contributed by atoms with Gasteiger partial charge in [0.1, 0.15) is 0 Å². The molecule has 16 heavy (non-hydrogen) atoms. The highest BCUT2D eigenvalue weighted by Crippen LogP contribution is 2.23. The molecule has 0 radical (unpaired) electrons. The first kappa shape index (κ1) is 11.9. The Balaban J connectivity index is 1.66. The van der Waals surface area contributed by atoms with Crippen LogP contribution >= 0.6 is 0 Å². The summed E-state index contributed by atoms with van der Waals surface area (Å²) in [5, 5.41) is 6.56. The van der Waals surface area contributed by atoms with Crippen LogP contribution in [0, 0.1) is 5.92 Å². The number of hydrogen-bond donors (Lipinski definition) is 2. The normalized spacial score (nSPS) is 34.9. The topological polar surface area (TPSA) is 41.1 Å². The molecule has 2 fully saturated rings. The monoisotopic (exact) mass is 224 g/mol. The smallest absolute Gasteiger partial charge is 0.221 e. The summed E-state index contributed by atoms with van der Waals surface area (Å²) in [4.78, 5) is 11.8. The SMILES string of the molecule is CC1CCC(NC(=O)CC2CCCN2)CC1. The first-order valence-electron chi connectivity index (χ1n) is 6.77. The highest BCUT2D eigenvalue weighted by atomic mass is 16.1. The number of carbonyl (C=O) groups is 1. The highest BCUT2D eigenvalue weighted by molar-refractivity contribution is 5.76. The Morgan fingerprint density at radius 2 is 2.00 bits per heavy atom. The van der Waals surface area contributed by atoms with E-state index < -0.39 is 0 Å². The minimum absolute atomic E-state index is 0.249. The van der Waals surface area contributed by atoms with Crippen LogP contribution in [0.25, 0.3) is 0 Å². The predicted molar refractivity (Wildman–Crippen MR) is 65.2 cm³/mol. The number of nitrogens with one attached hydrogen (secondary N) is 2. The first-order valence-corrected chi connectivity index (χ1v) is 6.77. The van der Waals surface area contributed by atoms with Crippen LogP contribution in [0.5, 0.6) is 0 Å². The maximum Gasteiger partial charge on any atom is 0.221 e. The second-order valence-corrected chi connectivity index (χ2v) is 5.52. The van der Waals surface area contributed by atoms with E-state index in [1.807, 2.05) is 0 Å². The minimum atomic E-state index is 0.249. The molecule has 1 amide bonds. The summed E-state index contributed by atoms with van der Waals surface area (Å²) in [6, 6.07) is 0.882. The molecule has 1 unspecified atom stereocenters. The van der Waals surface area contributed by atoms with Gasteiger partial charge >= 0.3 is 0 Å². The summed E-state index contributed by atoms with van der Waals surface area (Å²) < 4.78 is 0. The van der Waals surface area contributed by atoms with E-state index in [2.05, 4.69) is 17.6 Å². The quantitative estimate of drug-likeness (QED) is 0.768. The average Bonchev–Trinajstić information content (AvgIpc) is 2.74. The third kappa shape index (κ3) is 3.48. The molecule has 2 rings (SSSR count). The molecule has 1 saturated carbocycles. The molecule has 2 aliphatic rings. The lowest BCUT2D eigenvalue weighted by atomic mass is 9.87. The zero-order valence-electron chi connectivity index (χ0n) is 10.3. The van der Waals surface area contributed by atoms with Crippen molar-refractivity contribution in [2.75, 3.05) is 6.54 Å². The molecule has 1 atom stereocenters. The van der Waals surface area contributed by atoms with E-state index in [-0.39, 0.29) is 5.91 Å². The summed E-state index contributed by atoms with van der Waals surface area (Å²) in [7, 11) is 0. The van der Waals surface area contributed by atoms with Gasteiger partial charge in [-0.15, -0.1) is 0 Å². The second kappa shape index (κ2) is 5.67. The van der Waals surface area contributed by atoms with Crippen LogP contribution in [-0.2, 0) is 4.79 Å². The molecule has 0 aromatic heterocycles. The molecule has 1 aliphatic carbocycles. The third-order valence-electron chi connectivity index (χ3n) is 3.98. The van der Waals surface area contributed by atoms with Gasteiger partial charge in [0, 0.05) is 18.5 Å². The van der Waals surface area contributed by atoms with Gasteiger partial charge in [0.05, 0.1) is 0 Å². The molecule has 3 nitrogen and oxygen atoms in total. The van der Waals surface area contributed by atoms with Crippen LogP contribution in [0.15, 0.2) is 0 Å². The van der Waals surface area contributed by atoms with Gasteiger partial charge in [-0.05, 0) is 51.0 Å². The molecular formula is C13H24N2O. The largest absolute Gasteiger partial charge is 0.353 e. The van der Waals surface area contributed by atoms with Gasteiger partial charge in [-0.3, -0.25) is 4.79 Å². The Hall–Kier alpha value is -0.570. The Kier molecular flexibility index (Phi) is 4.22. The Labute approximate surface area is 98.4 Å². The number of carbonyl (C=O) groups excluding carboxylic acids is 1. The van der Waals surface area contributed by atoms with Gasteiger partial charge in [0.2, 0.25) is 5.91 Å². The molecule has 0 aromatic carbocycles. The maximum atomic E-state index is 11.8. The second-order valence-electron chi connectivity index (χ2n) is 5.52. The summed E-state index contributed by atoms with van der Waals surface area (Å²) >= 11 is 0. The minimum Gasteiger partial charge on any atom is -0.353 e. The van der Waals surface area contributed by atoms with Gasteiger partial charge in [-0.25, -0.2) is 0 Å². The lowest BCUT2D eigenvalue weighted by Crippen LogP contribution is -2.40. The lowest BCUT2D eigenvalue weighted by molar-refractivity contribution is -0.122. The summed E-state index contributed by atoms with van der Waals surface area (Å²) in [5.74, 6) is 1.10. The van der Waals surface area contributed by atoms with Crippen molar-refractivity contribution in [3.05, 3.63) is 0 Å². The summed E-state index contributed by atoms with van der Waals surface area (Å²) in [6.07, 6.45) is 7.94. The predicted octanol–water partition coefficient (Wildman–Crippen LogP) is 1.82. The van der Waals surface area contributed by atoms with Crippen molar-refractivity contribution in [1.29, 1.82) is 0 Å². The van der Waals surface area contributed by atoms with Gasteiger partial charge in [0.25, 0.3) is 0 Å². The maximum absolute atomic E-state index is 11.8. The van der Waals surface area contributed by atoms with Crippen LogP contribution in [0.2, 0.25) is 0 Å². The van der Waals surface area contributed by atoms with Crippen molar-refractivity contribution in [1.82, 2.24) is 10.6 Å². The first-order chi connectivity index (χ1) is 7.74. The standard InChI is InChI=1S/C13H24N2O/c1-10-4-6-11(7-5-10)15-13(16)9-12-3-2-8-14-12/h10-12,14H,2-9H2,1H3,(H,15,16). The van der Waals surface area contributed by atoms with Crippen LogP contribution in [-0.4, -0.2) is 24.5 Å². The van der Waals surface area contributed by atoms with Crippen LogP contribution in [0.3, 0.4) is 0 Å². The van der Waals surface area contributed by atoms with Crippen LogP contribution in [0.4, 0.5) is 0 Å². The molecule has 92 valence electrons. The fourth-order valence-corrected chi connectivity index (χ4v) is 2.85. The Morgan fingerprint density at radius 1 is 1.25 bits per heavy atom. The third-order valence-corrected chi connectivity index (χ3v) is 3.98. The van der Waals surface area contributed by atoms with Crippen molar-refractivity contribution >= 4 is 5.91 Å². The average molecular weight is 224 g/mol. The number of amides is 1. The lowest BCUT2D eigenvalue weighted by Gasteiger charge is -2.27. The van der Waals surface area contributed by atoms with E-state index in [1.165, 1.54) is 32.1 Å². The van der Waals surface area contributed by atoms with E-state index in [4.69, 9.17) is 0 Å². The van der Waals surface area contributed by atoms with Crippen molar-refractivity contribution in [3.8, 4) is 0 Å². The van der Waals surface area contributed by atoms with Gasteiger partial charge in [-0.2, -0.15) is 0 Å². The molecule has 0 bridgehead atoms. The molecule has 0 spiro atoms. The Morgan fingerprint density at radius 3 is 2.62 bits per heavy atom. The summed E-state index contributed by atoms with van der Waals surface area (Å²) in [6.45, 7) is 3.39. The van der Waals surface area contributed by atoms with Gasteiger partial charge in [0.15, 0.2) is 0 Å². The molecule has 1 heterocycles. The molecule has 1 saturated heterocycles. The number of rotatable bonds is 3. The van der Waals surface area contributed by atoms with Gasteiger partial charge < -0.3 is 10.6 Å². The zero-order chi connectivity index (χ0) is 11.4. The van der Waals surface area contributed by atoms with Crippen molar-refractivity contribution in [2.24, 2.45) is 5.92 Å². The highest BCUT2D eigenvalue weighted by Gasteiger charge is 2.22. The van der Waals surface area contributed by atoms with E-state index in [0.717, 1.165) is 18.9 Å². The molecule has 3 heteroatoms. The van der Waals surface area contributed by atoms with Crippen LogP contribution < -0.4 is 10.6 Å². The van der Waals surface area contributed by atoms with E-state index in [9.17, 15) is 4.79 Å². The fourth-order valence-electron chi connectivity index (χ4n) is 2.85. The van der Waals surface area contributed by atoms with Crippen molar-refractivity contribution in [2.45, 2.75) is 64.0 Å². The van der Waals surface area contributed by atoms with Crippen molar-refractivity contribution < 1.29 is 4.79 Å². The molecular weight excluding hydrogens is 200 g/mol. The molecule has 1 aliphatic heterocycles. The Bertz CT molecular complexity index is 228. The molecule has 0 aromatic rings. The zero-order valence-corrected chi connectivity index (χ0v) is 10.3. The van der Waals surface area contributed by atoms with Crippen molar-refractivity contribution in [3.63, 3.8) is 0 Å².